The Morgan fingerprint density at radius 3 is 2.79 bits per heavy atom. The van der Waals surface area contributed by atoms with Crippen LogP contribution in [-0.4, -0.2) is 23.8 Å². The van der Waals surface area contributed by atoms with Crippen molar-refractivity contribution in [3.05, 3.63) is 35.2 Å². The summed E-state index contributed by atoms with van der Waals surface area (Å²) >= 11 is 1.82. The fourth-order valence-electron chi connectivity index (χ4n) is 2.92. The highest BCUT2D eigenvalue weighted by Gasteiger charge is 2.22. The molecule has 0 radical (unpaired) electrons. The molecule has 1 saturated carbocycles. The Hall–Kier alpha value is -1.19. The zero-order valence-corrected chi connectivity index (χ0v) is 12.1. The molecule has 0 saturated heterocycles. The zero-order valence-electron chi connectivity index (χ0n) is 11.3. The Balaban J connectivity index is 1.72. The molecule has 1 heterocycles. The van der Waals surface area contributed by atoms with E-state index in [1.807, 2.05) is 11.3 Å². The van der Waals surface area contributed by atoms with Crippen molar-refractivity contribution in [2.75, 3.05) is 7.05 Å². The van der Waals surface area contributed by atoms with E-state index in [-0.39, 0.29) is 0 Å². The maximum atomic E-state index is 11.3. The van der Waals surface area contributed by atoms with Gasteiger partial charge < -0.3 is 0 Å². The van der Waals surface area contributed by atoms with E-state index in [1.165, 1.54) is 15.6 Å². The summed E-state index contributed by atoms with van der Waals surface area (Å²) in [6, 6.07) is 9.16. The maximum absolute atomic E-state index is 11.3. The first kappa shape index (κ1) is 12.8. The molecular weight excluding hydrogens is 254 g/mol. The number of thiophene rings is 1. The summed E-state index contributed by atoms with van der Waals surface area (Å²) in [7, 11) is 2.19. The van der Waals surface area contributed by atoms with Crippen molar-refractivity contribution in [2.45, 2.75) is 38.3 Å². The molecule has 19 heavy (non-hydrogen) atoms. The molecule has 1 aliphatic carbocycles. The second kappa shape index (κ2) is 5.43. The normalized spacial score (nSPS) is 17.5. The lowest BCUT2D eigenvalue weighted by atomic mass is 9.93. The number of benzene rings is 1. The van der Waals surface area contributed by atoms with E-state index in [4.69, 9.17) is 0 Å². The summed E-state index contributed by atoms with van der Waals surface area (Å²) in [4.78, 5) is 13.7. The van der Waals surface area contributed by atoms with Crippen molar-refractivity contribution < 1.29 is 4.79 Å². The molecule has 2 aromatic rings. The number of nitrogens with zero attached hydrogens (tertiary/aromatic N) is 1. The topological polar surface area (TPSA) is 20.3 Å². The van der Waals surface area contributed by atoms with Crippen LogP contribution in [0.1, 0.15) is 31.2 Å². The Morgan fingerprint density at radius 1 is 1.26 bits per heavy atom. The first-order chi connectivity index (χ1) is 9.24. The summed E-state index contributed by atoms with van der Waals surface area (Å²) in [5, 5.41) is 3.65. The molecule has 0 unspecified atom stereocenters. The van der Waals surface area contributed by atoms with Gasteiger partial charge in [0.1, 0.15) is 5.78 Å². The van der Waals surface area contributed by atoms with Gasteiger partial charge >= 0.3 is 0 Å². The summed E-state index contributed by atoms with van der Waals surface area (Å²) in [6.45, 7) is 0.989. The zero-order chi connectivity index (χ0) is 13.2. The van der Waals surface area contributed by atoms with Gasteiger partial charge in [-0.3, -0.25) is 9.69 Å². The molecule has 0 aliphatic heterocycles. The first-order valence-electron chi connectivity index (χ1n) is 6.91. The van der Waals surface area contributed by atoms with Crippen molar-refractivity contribution in [1.29, 1.82) is 0 Å². The number of hydrogen-bond donors (Lipinski definition) is 0. The summed E-state index contributed by atoms with van der Waals surface area (Å²) < 4.78 is 1.37. The molecule has 0 spiro atoms. The predicted molar refractivity (Wildman–Crippen MR) is 80.6 cm³/mol. The van der Waals surface area contributed by atoms with Gasteiger partial charge in [-0.15, -0.1) is 11.3 Å². The molecule has 0 bridgehead atoms. The molecule has 1 aliphatic rings. The fraction of sp³-hybridized carbons (Fsp3) is 0.438. The molecule has 0 atom stereocenters. The van der Waals surface area contributed by atoms with Gasteiger partial charge in [-0.05, 0) is 42.3 Å². The lowest BCUT2D eigenvalue weighted by molar-refractivity contribution is -0.121. The Morgan fingerprint density at radius 2 is 2.00 bits per heavy atom. The lowest BCUT2D eigenvalue weighted by Gasteiger charge is -2.30. The number of ketones is 1. The number of hydrogen-bond acceptors (Lipinski definition) is 3. The van der Waals surface area contributed by atoms with Crippen LogP contribution in [0.3, 0.4) is 0 Å². The Bertz CT molecular complexity index is 579. The van der Waals surface area contributed by atoms with Gasteiger partial charge in [0.05, 0.1) is 0 Å². The average Bonchev–Trinajstić information content (AvgIpc) is 2.83. The highest BCUT2D eigenvalue weighted by Crippen LogP contribution is 2.28. The molecule has 2 nitrogen and oxygen atoms in total. The van der Waals surface area contributed by atoms with Gasteiger partial charge in [-0.2, -0.15) is 0 Å². The monoisotopic (exact) mass is 273 g/mol. The molecule has 0 N–H and O–H groups in total. The summed E-state index contributed by atoms with van der Waals surface area (Å²) in [5.41, 5.74) is 1.42. The average molecular weight is 273 g/mol. The van der Waals surface area contributed by atoms with Crippen molar-refractivity contribution in [1.82, 2.24) is 4.90 Å². The number of fused-ring (bicyclic) bond motifs is 1. The van der Waals surface area contributed by atoms with Gasteiger partial charge in [-0.25, -0.2) is 0 Å². The third kappa shape index (κ3) is 2.72. The van der Waals surface area contributed by atoms with E-state index in [9.17, 15) is 4.79 Å². The second-order valence-electron chi connectivity index (χ2n) is 5.44. The van der Waals surface area contributed by atoms with Crippen LogP contribution in [0.4, 0.5) is 0 Å². The smallest absolute Gasteiger partial charge is 0.133 e. The minimum absolute atomic E-state index is 0.436. The molecule has 1 aromatic heterocycles. The van der Waals surface area contributed by atoms with Crippen molar-refractivity contribution in [3.8, 4) is 0 Å². The highest BCUT2D eigenvalue weighted by molar-refractivity contribution is 7.17. The van der Waals surface area contributed by atoms with Crippen LogP contribution in [0.25, 0.3) is 10.1 Å². The third-order valence-electron chi connectivity index (χ3n) is 4.12. The van der Waals surface area contributed by atoms with E-state index in [0.29, 0.717) is 11.8 Å². The summed E-state index contributed by atoms with van der Waals surface area (Å²) in [5.74, 6) is 0.436. The van der Waals surface area contributed by atoms with Gasteiger partial charge in [0, 0.05) is 30.1 Å². The minimum Gasteiger partial charge on any atom is -0.300 e. The molecule has 1 aromatic carbocycles. The van der Waals surface area contributed by atoms with E-state index < -0.39 is 0 Å². The van der Waals surface area contributed by atoms with Crippen LogP contribution in [-0.2, 0) is 11.3 Å². The molecule has 3 rings (SSSR count). The lowest BCUT2D eigenvalue weighted by Crippen LogP contribution is -2.34. The quantitative estimate of drug-likeness (QED) is 0.846. The predicted octanol–water partition coefficient (Wildman–Crippen LogP) is 3.84. The number of carbonyl (C=O) groups excluding carboxylic acids is 1. The van der Waals surface area contributed by atoms with Crippen molar-refractivity contribution in [2.24, 2.45) is 0 Å². The summed E-state index contributed by atoms with van der Waals surface area (Å²) in [6.07, 6.45) is 3.58. The number of carbonyl (C=O) groups is 1. The Labute approximate surface area is 118 Å². The standard InChI is InChI=1S/C16H19NOS/c1-17(13-6-8-14(18)9-7-13)10-12-11-19-16-5-3-2-4-15(12)16/h2-5,11,13H,6-10H2,1H3. The highest BCUT2D eigenvalue weighted by atomic mass is 32.1. The molecule has 3 heteroatoms. The molecular formula is C16H19NOS. The van der Waals surface area contributed by atoms with Crippen LogP contribution in [0.15, 0.2) is 29.6 Å². The molecule has 1 fully saturated rings. The van der Waals surface area contributed by atoms with E-state index in [2.05, 4.69) is 41.6 Å². The van der Waals surface area contributed by atoms with Gasteiger partial charge in [0.25, 0.3) is 0 Å². The fourth-order valence-corrected chi connectivity index (χ4v) is 3.87. The van der Waals surface area contributed by atoms with Crippen LogP contribution < -0.4 is 0 Å². The van der Waals surface area contributed by atoms with Gasteiger partial charge in [-0.1, -0.05) is 18.2 Å². The van der Waals surface area contributed by atoms with Gasteiger partial charge in [0.2, 0.25) is 0 Å². The minimum atomic E-state index is 0.436. The maximum Gasteiger partial charge on any atom is 0.133 e. The molecule has 0 amide bonds. The van der Waals surface area contributed by atoms with Crippen LogP contribution in [0.5, 0.6) is 0 Å². The van der Waals surface area contributed by atoms with E-state index in [1.54, 1.807) is 0 Å². The van der Waals surface area contributed by atoms with Crippen LogP contribution in [0.2, 0.25) is 0 Å². The largest absolute Gasteiger partial charge is 0.300 e. The van der Waals surface area contributed by atoms with E-state index in [0.717, 1.165) is 32.2 Å². The van der Waals surface area contributed by atoms with Crippen molar-refractivity contribution >= 4 is 27.2 Å². The third-order valence-corrected chi connectivity index (χ3v) is 5.13. The molecule has 100 valence electrons. The number of rotatable bonds is 3. The SMILES string of the molecule is CN(Cc1csc2ccccc12)C1CCC(=O)CC1. The van der Waals surface area contributed by atoms with Gasteiger partial charge in [0.15, 0.2) is 0 Å². The van der Waals surface area contributed by atoms with E-state index >= 15 is 0 Å². The van der Waals surface area contributed by atoms with Crippen LogP contribution >= 0.6 is 11.3 Å². The Kier molecular flexibility index (Phi) is 3.67. The first-order valence-corrected chi connectivity index (χ1v) is 7.79. The van der Waals surface area contributed by atoms with Crippen molar-refractivity contribution in [3.63, 3.8) is 0 Å². The number of Topliss-reactive ketones (excluding diaryl/α,β-unsaturated/α-hetero) is 1. The van der Waals surface area contributed by atoms with Crippen LogP contribution in [0, 0.1) is 0 Å². The second-order valence-corrected chi connectivity index (χ2v) is 6.35.